The van der Waals surface area contributed by atoms with Crippen LogP contribution in [0.3, 0.4) is 0 Å². The summed E-state index contributed by atoms with van der Waals surface area (Å²) in [7, 11) is -1.87. The average Bonchev–Trinajstić information content (AvgIpc) is 3.10. The van der Waals surface area contributed by atoms with E-state index in [1.165, 1.54) is 19.3 Å². The van der Waals surface area contributed by atoms with Crippen LogP contribution < -0.4 is 0 Å². The lowest BCUT2D eigenvalue weighted by molar-refractivity contribution is -0.136. The summed E-state index contributed by atoms with van der Waals surface area (Å²) in [6.07, 6.45) is 8.41. The van der Waals surface area contributed by atoms with E-state index >= 15 is 0 Å². The number of carbonyl (C=O) groups is 2. The molecule has 5 aliphatic carbocycles. The SMILES string of the molecule is CC(C)(C)[Si](C)(C)O[C@@H]1[C@@H]2CC(=O)C[C@@H]3CC[C@@H]4[C@H](CC[C@]5(C)C(=O)CC[C@@H]45)C312. The minimum absolute atomic E-state index is 0.0602. The van der Waals surface area contributed by atoms with Crippen LogP contribution in [-0.4, -0.2) is 26.0 Å². The van der Waals surface area contributed by atoms with Crippen molar-refractivity contribution in [2.45, 2.75) is 103 Å². The summed E-state index contributed by atoms with van der Waals surface area (Å²) in [6.45, 7) is 14.0. The number of hydrogen-bond acceptors (Lipinski definition) is 3. The molecule has 0 aromatic carbocycles. The standard InChI is InChI=1S/C25H40O3Si/c1-23(2,3)29(5,6)28-22-20-14-16(26)13-15-7-8-17-18-9-10-21(27)24(18,4)12-11-19(17)25(15,20)22/h15,17-20,22H,7-14H2,1-6H3/t15-,17-,18-,19-,20-,22+,24-,25?/m0/s1. The van der Waals surface area contributed by atoms with Crippen LogP contribution in [0.1, 0.15) is 79.1 Å². The van der Waals surface area contributed by atoms with E-state index in [0.29, 0.717) is 47.3 Å². The third kappa shape index (κ3) is 2.57. The average molecular weight is 417 g/mol. The maximum absolute atomic E-state index is 12.7. The summed E-state index contributed by atoms with van der Waals surface area (Å²) in [5.41, 5.74) is 0.189. The molecule has 0 aromatic heterocycles. The molecule has 0 N–H and O–H groups in total. The molecule has 5 fully saturated rings. The monoisotopic (exact) mass is 416 g/mol. The molecular weight excluding hydrogens is 376 g/mol. The van der Waals surface area contributed by atoms with E-state index < -0.39 is 8.32 Å². The Kier molecular flexibility index (Phi) is 4.27. The first-order chi connectivity index (χ1) is 13.4. The van der Waals surface area contributed by atoms with Crippen molar-refractivity contribution >= 4 is 19.9 Å². The van der Waals surface area contributed by atoms with Crippen molar-refractivity contribution in [3.63, 3.8) is 0 Å². The smallest absolute Gasteiger partial charge is 0.192 e. The Morgan fingerprint density at radius 3 is 2.38 bits per heavy atom. The fourth-order valence-electron chi connectivity index (χ4n) is 8.36. The van der Waals surface area contributed by atoms with Gasteiger partial charge in [0.1, 0.15) is 11.6 Å². The van der Waals surface area contributed by atoms with Gasteiger partial charge in [0.2, 0.25) is 0 Å². The molecule has 29 heavy (non-hydrogen) atoms. The highest BCUT2D eigenvalue weighted by Gasteiger charge is 2.78. The Bertz CT molecular complexity index is 752. The molecule has 5 aliphatic rings. The van der Waals surface area contributed by atoms with Crippen molar-refractivity contribution in [3.8, 4) is 0 Å². The van der Waals surface area contributed by atoms with Crippen molar-refractivity contribution in [3.05, 3.63) is 0 Å². The molecule has 1 unspecified atom stereocenters. The fraction of sp³-hybridized carbons (Fsp3) is 0.920. The van der Waals surface area contributed by atoms with Crippen LogP contribution in [0, 0.1) is 40.4 Å². The minimum Gasteiger partial charge on any atom is -0.413 e. The first-order valence-electron chi connectivity index (χ1n) is 12.2. The van der Waals surface area contributed by atoms with Gasteiger partial charge in [-0.2, -0.15) is 0 Å². The Labute approximate surface area is 177 Å². The van der Waals surface area contributed by atoms with Gasteiger partial charge in [-0.1, -0.05) is 27.7 Å². The molecule has 0 amide bonds. The van der Waals surface area contributed by atoms with Crippen molar-refractivity contribution in [2.24, 2.45) is 40.4 Å². The Morgan fingerprint density at radius 1 is 0.966 bits per heavy atom. The van der Waals surface area contributed by atoms with Gasteiger partial charge in [0.25, 0.3) is 0 Å². The van der Waals surface area contributed by atoms with E-state index in [1.807, 2.05) is 0 Å². The molecule has 5 rings (SSSR count). The lowest BCUT2D eigenvalue weighted by Gasteiger charge is -2.55. The minimum atomic E-state index is -1.87. The number of fused-ring (bicyclic) bond motifs is 3. The van der Waals surface area contributed by atoms with Crippen LogP contribution in [-0.2, 0) is 14.0 Å². The molecular formula is C25H40O3Si. The van der Waals surface area contributed by atoms with Gasteiger partial charge in [0, 0.05) is 30.1 Å². The van der Waals surface area contributed by atoms with Gasteiger partial charge in [-0.05, 0) is 79.8 Å². The molecule has 0 aliphatic heterocycles. The molecule has 0 saturated heterocycles. The zero-order valence-corrected chi connectivity index (χ0v) is 20.3. The van der Waals surface area contributed by atoms with Gasteiger partial charge >= 0.3 is 0 Å². The van der Waals surface area contributed by atoms with E-state index in [9.17, 15) is 9.59 Å². The number of Topliss-reactive ketones (excluding diaryl/α,β-unsaturated/α-hetero) is 2. The second kappa shape index (κ2) is 6.06. The molecule has 4 heteroatoms. The second-order valence-electron chi connectivity index (χ2n) is 12.9. The molecule has 0 radical (unpaired) electrons. The predicted molar refractivity (Wildman–Crippen MR) is 117 cm³/mol. The number of carbonyl (C=O) groups excluding carboxylic acids is 2. The largest absolute Gasteiger partial charge is 0.413 e. The summed E-state index contributed by atoms with van der Waals surface area (Å²) in [5, 5.41) is 0.200. The van der Waals surface area contributed by atoms with Gasteiger partial charge in [-0.15, -0.1) is 0 Å². The third-order valence-electron chi connectivity index (χ3n) is 10.9. The summed E-state index contributed by atoms with van der Waals surface area (Å²) in [4.78, 5) is 25.3. The summed E-state index contributed by atoms with van der Waals surface area (Å²) in [6, 6.07) is 0. The van der Waals surface area contributed by atoms with Crippen molar-refractivity contribution in [1.29, 1.82) is 0 Å². The molecule has 0 aromatic rings. The first-order valence-corrected chi connectivity index (χ1v) is 15.1. The van der Waals surface area contributed by atoms with Crippen molar-refractivity contribution in [2.75, 3.05) is 0 Å². The quantitative estimate of drug-likeness (QED) is 0.536. The summed E-state index contributed by atoms with van der Waals surface area (Å²) < 4.78 is 7.10. The van der Waals surface area contributed by atoms with Crippen LogP contribution in [0.2, 0.25) is 18.1 Å². The maximum atomic E-state index is 12.7. The molecule has 3 nitrogen and oxygen atoms in total. The number of rotatable bonds is 2. The van der Waals surface area contributed by atoms with E-state index in [2.05, 4.69) is 40.8 Å². The molecule has 0 heterocycles. The van der Waals surface area contributed by atoms with Crippen LogP contribution in [0.4, 0.5) is 0 Å². The van der Waals surface area contributed by atoms with Gasteiger partial charge in [-0.25, -0.2) is 0 Å². The van der Waals surface area contributed by atoms with Crippen LogP contribution >= 0.6 is 0 Å². The highest BCUT2D eigenvalue weighted by atomic mass is 28.4. The van der Waals surface area contributed by atoms with E-state index in [4.69, 9.17) is 4.43 Å². The topological polar surface area (TPSA) is 43.4 Å². The van der Waals surface area contributed by atoms with Crippen LogP contribution in [0.25, 0.3) is 0 Å². The van der Waals surface area contributed by atoms with Crippen molar-refractivity contribution < 1.29 is 14.0 Å². The number of hydrogen-bond donors (Lipinski definition) is 0. The second-order valence-corrected chi connectivity index (χ2v) is 17.7. The van der Waals surface area contributed by atoms with Gasteiger partial charge in [0.05, 0.1) is 6.10 Å². The predicted octanol–water partition coefficient (Wildman–Crippen LogP) is 5.78. The highest BCUT2D eigenvalue weighted by Crippen LogP contribution is 2.77. The van der Waals surface area contributed by atoms with Gasteiger partial charge < -0.3 is 4.43 Å². The Balaban J connectivity index is 1.49. The highest BCUT2D eigenvalue weighted by molar-refractivity contribution is 6.74. The maximum Gasteiger partial charge on any atom is 0.192 e. The molecule has 0 bridgehead atoms. The molecule has 5 saturated carbocycles. The zero-order chi connectivity index (χ0) is 21.0. The van der Waals surface area contributed by atoms with Crippen LogP contribution in [0.5, 0.6) is 0 Å². The number of ketones is 2. The Morgan fingerprint density at radius 2 is 1.69 bits per heavy atom. The van der Waals surface area contributed by atoms with Gasteiger partial charge in [0.15, 0.2) is 8.32 Å². The van der Waals surface area contributed by atoms with Gasteiger partial charge in [-0.3, -0.25) is 9.59 Å². The molecule has 162 valence electrons. The lowest BCUT2D eigenvalue weighted by atomic mass is 9.49. The zero-order valence-electron chi connectivity index (χ0n) is 19.3. The molecule has 1 spiro atoms. The summed E-state index contributed by atoms with van der Waals surface area (Å²) in [5.74, 6) is 3.94. The van der Waals surface area contributed by atoms with E-state index in [1.54, 1.807) is 0 Å². The molecule has 8 atom stereocenters. The van der Waals surface area contributed by atoms with Crippen LogP contribution in [0.15, 0.2) is 0 Å². The first kappa shape index (κ1) is 20.4. The van der Waals surface area contributed by atoms with Crippen molar-refractivity contribution in [1.82, 2.24) is 0 Å². The van der Waals surface area contributed by atoms with E-state index in [-0.39, 0.29) is 15.9 Å². The Hall–Kier alpha value is -0.483. The fourth-order valence-corrected chi connectivity index (χ4v) is 9.72. The third-order valence-corrected chi connectivity index (χ3v) is 15.3. The lowest BCUT2D eigenvalue weighted by Crippen LogP contribution is -2.51. The normalized spacial score (nSPS) is 49.2. The van der Waals surface area contributed by atoms with E-state index in [0.717, 1.165) is 32.1 Å². The summed E-state index contributed by atoms with van der Waals surface area (Å²) >= 11 is 0.